The molecule has 1 fully saturated rings. The minimum Gasteiger partial charge on any atom is -0.355 e. The van der Waals surface area contributed by atoms with E-state index in [1.54, 1.807) is 0 Å². The Bertz CT molecular complexity index is 771. The zero-order chi connectivity index (χ0) is 18.5. The molecule has 0 saturated carbocycles. The molecule has 3 heterocycles. The highest BCUT2D eigenvalue weighted by Crippen LogP contribution is 2.31. The highest BCUT2D eigenvalue weighted by molar-refractivity contribution is 5.55. The van der Waals surface area contributed by atoms with Gasteiger partial charge in [0.1, 0.15) is 17.7 Å². The first-order valence-corrected chi connectivity index (χ1v) is 9.81. The van der Waals surface area contributed by atoms with E-state index < -0.39 is 0 Å². The summed E-state index contributed by atoms with van der Waals surface area (Å²) in [6, 6.07) is 6.22. The zero-order valence-electron chi connectivity index (χ0n) is 16.1. The van der Waals surface area contributed by atoms with Gasteiger partial charge in [-0.3, -0.25) is 0 Å². The maximum Gasteiger partial charge on any atom is 0.146 e. The summed E-state index contributed by atoms with van der Waals surface area (Å²) in [7, 11) is 0. The zero-order valence-corrected chi connectivity index (χ0v) is 16.1. The standard InChI is InChI=1S/C21H29N5/c1-4-5-11-25-13-10-23-20(25)18-7-6-12-26(15-18)21-17(14-22)8-9-19(24-21)16(2)3/h8-10,13,16,18H,4-7,11-12,15H2,1-3H3/t18-/m0/s1. The van der Waals surface area contributed by atoms with Gasteiger partial charge in [0.15, 0.2) is 0 Å². The summed E-state index contributed by atoms with van der Waals surface area (Å²) in [5.74, 6) is 2.78. The fourth-order valence-corrected chi connectivity index (χ4v) is 3.69. The number of unbranched alkanes of at least 4 members (excludes halogenated alkanes) is 1. The van der Waals surface area contributed by atoms with Crippen molar-refractivity contribution in [3.05, 3.63) is 41.6 Å². The number of aromatic nitrogens is 3. The summed E-state index contributed by atoms with van der Waals surface area (Å²) in [6.07, 6.45) is 8.63. The van der Waals surface area contributed by atoms with E-state index in [1.165, 1.54) is 18.7 Å². The van der Waals surface area contributed by atoms with E-state index in [-0.39, 0.29) is 0 Å². The lowest BCUT2D eigenvalue weighted by Gasteiger charge is -2.34. The minimum absolute atomic E-state index is 0.357. The van der Waals surface area contributed by atoms with Gasteiger partial charge in [0, 0.05) is 43.6 Å². The predicted molar refractivity (Wildman–Crippen MR) is 104 cm³/mol. The average molecular weight is 351 g/mol. The SMILES string of the molecule is CCCCn1ccnc1[C@H]1CCCN(c2nc(C(C)C)ccc2C#N)C1. The molecule has 0 aromatic carbocycles. The molecule has 0 spiro atoms. The molecule has 5 heteroatoms. The van der Waals surface area contributed by atoms with Gasteiger partial charge in [-0.05, 0) is 37.3 Å². The minimum atomic E-state index is 0.357. The number of hydrogen-bond acceptors (Lipinski definition) is 4. The van der Waals surface area contributed by atoms with Crippen LogP contribution in [0.5, 0.6) is 0 Å². The van der Waals surface area contributed by atoms with Gasteiger partial charge in [-0.15, -0.1) is 0 Å². The van der Waals surface area contributed by atoms with Crippen LogP contribution in [0.4, 0.5) is 5.82 Å². The number of aryl methyl sites for hydroxylation is 1. The Labute approximate surface area is 156 Å². The number of piperidine rings is 1. The summed E-state index contributed by atoms with van der Waals surface area (Å²) in [4.78, 5) is 11.8. The molecule has 0 N–H and O–H groups in total. The highest BCUT2D eigenvalue weighted by atomic mass is 15.2. The van der Waals surface area contributed by atoms with Gasteiger partial charge in [-0.25, -0.2) is 9.97 Å². The van der Waals surface area contributed by atoms with Gasteiger partial charge in [-0.1, -0.05) is 27.2 Å². The molecular formula is C21H29N5. The van der Waals surface area contributed by atoms with Crippen LogP contribution in [0, 0.1) is 11.3 Å². The topological polar surface area (TPSA) is 57.7 Å². The normalized spacial score (nSPS) is 17.5. The first-order chi connectivity index (χ1) is 12.6. The van der Waals surface area contributed by atoms with Crippen LogP contribution in [0.3, 0.4) is 0 Å². The third-order valence-electron chi connectivity index (χ3n) is 5.19. The molecule has 0 aliphatic carbocycles. The molecule has 0 radical (unpaired) electrons. The number of rotatable bonds is 6. The van der Waals surface area contributed by atoms with Crippen molar-refractivity contribution in [2.45, 2.75) is 64.8 Å². The second-order valence-electron chi connectivity index (χ2n) is 7.49. The molecule has 1 aliphatic heterocycles. The summed E-state index contributed by atoms with van der Waals surface area (Å²) in [5, 5.41) is 9.54. The van der Waals surface area contributed by atoms with Crippen LogP contribution in [-0.2, 0) is 6.54 Å². The molecule has 2 aromatic heterocycles. The quantitative estimate of drug-likeness (QED) is 0.771. The van der Waals surface area contributed by atoms with Crippen molar-refractivity contribution in [2.75, 3.05) is 18.0 Å². The van der Waals surface area contributed by atoms with E-state index in [0.29, 0.717) is 17.4 Å². The molecule has 0 amide bonds. The number of nitriles is 1. The molecule has 5 nitrogen and oxygen atoms in total. The second kappa shape index (κ2) is 8.35. The molecule has 2 aromatic rings. The van der Waals surface area contributed by atoms with Crippen molar-refractivity contribution < 1.29 is 0 Å². The Kier molecular flexibility index (Phi) is 5.92. The monoisotopic (exact) mass is 351 g/mol. The van der Waals surface area contributed by atoms with Crippen LogP contribution in [-0.4, -0.2) is 27.6 Å². The van der Waals surface area contributed by atoms with Crippen molar-refractivity contribution in [2.24, 2.45) is 0 Å². The van der Waals surface area contributed by atoms with E-state index in [1.807, 2.05) is 18.3 Å². The third kappa shape index (κ3) is 3.90. The summed E-state index contributed by atoms with van der Waals surface area (Å²) in [5.41, 5.74) is 1.72. The van der Waals surface area contributed by atoms with Gasteiger partial charge in [-0.2, -0.15) is 5.26 Å². The third-order valence-corrected chi connectivity index (χ3v) is 5.19. The first kappa shape index (κ1) is 18.4. The van der Waals surface area contributed by atoms with Crippen molar-refractivity contribution in [1.82, 2.24) is 14.5 Å². The van der Waals surface area contributed by atoms with Gasteiger partial charge in [0.05, 0.1) is 5.56 Å². The number of pyridine rings is 1. The molecule has 0 bridgehead atoms. The number of imidazole rings is 1. The fraction of sp³-hybridized carbons (Fsp3) is 0.571. The number of anilines is 1. The van der Waals surface area contributed by atoms with Gasteiger partial charge >= 0.3 is 0 Å². The maximum absolute atomic E-state index is 9.54. The maximum atomic E-state index is 9.54. The van der Waals surface area contributed by atoms with Crippen molar-refractivity contribution in [3.63, 3.8) is 0 Å². The van der Waals surface area contributed by atoms with E-state index in [9.17, 15) is 5.26 Å². The Hall–Kier alpha value is -2.35. The highest BCUT2D eigenvalue weighted by Gasteiger charge is 2.27. The molecule has 3 rings (SSSR count). The number of hydrogen-bond donors (Lipinski definition) is 0. The van der Waals surface area contributed by atoms with Crippen molar-refractivity contribution in [3.8, 4) is 6.07 Å². The summed E-state index contributed by atoms with van der Waals surface area (Å²) >= 11 is 0. The Morgan fingerprint density at radius 3 is 2.92 bits per heavy atom. The Morgan fingerprint density at radius 2 is 2.19 bits per heavy atom. The van der Waals surface area contributed by atoms with Crippen LogP contribution in [0.15, 0.2) is 24.5 Å². The van der Waals surface area contributed by atoms with Crippen LogP contribution < -0.4 is 4.90 Å². The average Bonchev–Trinajstić information content (AvgIpc) is 3.14. The van der Waals surface area contributed by atoms with E-state index in [2.05, 4.69) is 47.5 Å². The summed E-state index contributed by atoms with van der Waals surface area (Å²) < 4.78 is 2.31. The first-order valence-electron chi connectivity index (χ1n) is 9.81. The van der Waals surface area contributed by atoms with E-state index in [4.69, 9.17) is 4.98 Å². The van der Waals surface area contributed by atoms with Crippen LogP contribution in [0.1, 0.15) is 75.4 Å². The Balaban J connectivity index is 1.84. The lowest BCUT2D eigenvalue weighted by atomic mass is 9.96. The Morgan fingerprint density at radius 1 is 1.35 bits per heavy atom. The predicted octanol–water partition coefficient (Wildman–Crippen LogP) is 4.46. The van der Waals surface area contributed by atoms with E-state index in [0.717, 1.165) is 44.0 Å². The molecule has 138 valence electrons. The molecule has 1 atom stereocenters. The molecule has 1 saturated heterocycles. The van der Waals surface area contributed by atoms with Crippen LogP contribution in [0.2, 0.25) is 0 Å². The number of nitrogens with zero attached hydrogens (tertiary/aromatic N) is 5. The van der Waals surface area contributed by atoms with Gasteiger partial charge in [0.25, 0.3) is 0 Å². The lowest BCUT2D eigenvalue weighted by molar-refractivity contribution is 0.463. The van der Waals surface area contributed by atoms with Crippen LogP contribution in [0.25, 0.3) is 0 Å². The van der Waals surface area contributed by atoms with Gasteiger partial charge < -0.3 is 9.47 Å². The molecule has 26 heavy (non-hydrogen) atoms. The molecule has 0 unspecified atom stereocenters. The lowest BCUT2D eigenvalue weighted by Crippen LogP contribution is -2.36. The second-order valence-corrected chi connectivity index (χ2v) is 7.49. The fourth-order valence-electron chi connectivity index (χ4n) is 3.69. The largest absolute Gasteiger partial charge is 0.355 e. The van der Waals surface area contributed by atoms with E-state index >= 15 is 0 Å². The summed E-state index contributed by atoms with van der Waals surface area (Å²) in [6.45, 7) is 9.37. The van der Waals surface area contributed by atoms with Gasteiger partial charge in [0.2, 0.25) is 0 Å². The smallest absolute Gasteiger partial charge is 0.146 e. The van der Waals surface area contributed by atoms with Crippen molar-refractivity contribution in [1.29, 1.82) is 5.26 Å². The van der Waals surface area contributed by atoms with Crippen LogP contribution >= 0.6 is 0 Å². The van der Waals surface area contributed by atoms with Crippen molar-refractivity contribution >= 4 is 5.82 Å². The molecule has 1 aliphatic rings. The molecular weight excluding hydrogens is 322 g/mol.